The molecule has 21 heavy (non-hydrogen) atoms. The van der Waals surface area contributed by atoms with Crippen molar-refractivity contribution in [3.05, 3.63) is 26.9 Å². The standard InChI is InChI=1S/C14H18ClN5S/c15-12-13(16)18-8-19-14(12)17-7-3-6-11-20-9-4-1-2-5-10(9)21-11/h8H,1-7H2,(H3,16,17,18,19). The summed E-state index contributed by atoms with van der Waals surface area (Å²) in [6, 6.07) is 0. The van der Waals surface area contributed by atoms with Gasteiger partial charge in [0.25, 0.3) is 0 Å². The second-order valence-corrected chi connectivity index (χ2v) is 6.68. The van der Waals surface area contributed by atoms with Crippen LogP contribution in [-0.2, 0) is 19.3 Å². The first-order valence-electron chi connectivity index (χ1n) is 7.21. The first-order chi connectivity index (χ1) is 10.2. The molecule has 0 saturated carbocycles. The zero-order valence-corrected chi connectivity index (χ0v) is 13.3. The molecule has 2 aromatic heterocycles. The molecule has 3 N–H and O–H groups in total. The Labute approximate surface area is 133 Å². The van der Waals surface area contributed by atoms with Gasteiger partial charge in [0.05, 0.1) is 10.7 Å². The highest BCUT2D eigenvalue weighted by atomic mass is 35.5. The molecular weight excluding hydrogens is 306 g/mol. The SMILES string of the molecule is Nc1ncnc(NCCCc2nc3c(s2)CCCC3)c1Cl. The van der Waals surface area contributed by atoms with Crippen molar-refractivity contribution < 1.29 is 0 Å². The molecule has 0 fully saturated rings. The van der Waals surface area contributed by atoms with Crippen LogP contribution in [0.2, 0.25) is 5.02 Å². The number of aryl methyl sites for hydroxylation is 3. The van der Waals surface area contributed by atoms with Crippen LogP contribution < -0.4 is 11.1 Å². The summed E-state index contributed by atoms with van der Waals surface area (Å²) in [5.74, 6) is 0.907. The number of hydrogen-bond donors (Lipinski definition) is 2. The Bertz CT molecular complexity index is 604. The molecule has 0 unspecified atom stereocenters. The van der Waals surface area contributed by atoms with Crippen LogP contribution in [0.15, 0.2) is 6.33 Å². The fourth-order valence-electron chi connectivity index (χ4n) is 2.47. The van der Waals surface area contributed by atoms with Crippen molar-refractivity contribution in [3.63, 3.8) is 0 Å². The zero-order chi connectivity index (χ0) is 14.7. The van der Waals surface area contributed by atoms with Gasteiger partial charge in [-0.2, -0.15) is 0 Å². The number of rotatable bonds is 5. The normalized spacial score (nSPS) is 14.0. The van der Waals surface area contributed by atoms with E-state index in [1.165, 1.54) is 41.2 Å². The molecule has 0 aromatic carbocycles. The highest BCUT2D eigenvalue weighted by Crippen LogP contribution is 2.27. The van der Waals surface area contributed by atoms with Gasteiger partial charge in [0.15, 0.2) is 0 Å². The van der Waals surface area contributed by atoms with E-state index >= 15 is 0 Å². The predicted octanol–water partition coefficient (Wildman–Crippen LogP) is 3.09. The molecule has 7 heteroatoms. The van der Waals surface area contributed by atoms with Crippen molar-refractivity contribution >= 4 is 34.6 Å². The average Bonchev–Trinajstić information content (AvgIpc) is 2.90. The molecule has 3 rings (SSSR count). The van der Waals surface area contributed by atoms with Crippen LogP contribution in [0.5, 0.6) is 0 Å². The third-order valence-electron chi connectivity index (χ3n) is 3.57. The first-order valence-corrected chi connectivity index (χ1v) is 8.41. The number of fused-ring (bicyclic) bond motifs is 1. The number of nitrogens with zero attached hydrogens (tertiary/aromatic N) is 3. The van der Waals surface area contributed by atoms with Crippen LogP contribution in [0.3, 0.4) is 0 Å². The van der Waals surface area contributed by atoms with Crippen molar-refractivity contribution in [2.45, 2.75) is 38.5 Å². The highest BCUT2D eigenvalue weighted by Gasteiger charge is 2.14. The zero-order valence-electron chi connectivity index (χ0n) is 11.7. The maximum Gasteiger partial charge on any atom is 0.150 e. The predicted molar refractivity (Wildman–Crippen MR) is 87.0 cm³/mol. The molecule has 112 valence electrons. The summed E-state index contributed by atoms with van der Waals surface area (Å²) in [4.78, 5) is 14.2. The number of aromatic nitrogens is 3. The molecule has 1 aliphatic carbocycles. The van der Waals surface area contributed by atoms with Crippen LogP contribution in [0.1, 0.15) is 34.8 Å². The van der Waals surface area contributed by atoms with Gasteiger partial charge >= 0.3 is 0 Å². The third-order valence-corrected chi connectivity index (χ3v) is 5.16. The van der Waals surface area contributed by atoms with E-state index < -0.39 is 0 Å². The number of nitrogens with one attached hydrogen (secondary N) is 1. The second kappa shape index (κ2) is 6.58. The van der Waals surface area contributed by atoms with Crippen LogP contribution in [0.4, 0.5) is 11.6 Å². The van der Waals surface area contributed by atoms with Gasteiger partial charge < -0.3 is 11.1 Å². The first kappa shape index (κ1) is 14.5. The van der Waals surface area contributed by atoms with Gasteiger partial charge in [-0.1, -0.05) is 11.6 Å². The largest absolute Gasteiger partial charge is 0.382 e. The van der Waals surface area contributed by atoms with Gasteiger partial charge in [-0.3, -0.25) is 0 Å². The molecule has 0 aliphatic heterocycles. The number of anilines is 2. The highest BCUT2D eigenvalue weighted by molar-refractivity contribution is 7.11. The summed E-state index contributed by atoms with van der Waals surface area (Å²) >= 11 is 7.91. The van der Waals surface area contributed by atoms with Crippen molar-refractivity contribution in [1.29, 1.82) is 0 Å². The Kier molecular flexibility index (Phi) is 4.55. The summed E-state index contributed by atoms with van der Waals surface area (Å²) in [5, 5.41) is 4.84. The van der Waals surface area contributed by atoms with Gasteiger partial charge in [-0.15, -0.1) is 11.3 Å². The molecule has 5 nitrogen and oxygen atoms in total. The van der Waals surface area contributed by atoms with Gasteiger partial charge in [0, 0.05) is 17.8 Å². The second-order valence-electron chi connectivity index (χ2n) is 5.14. The molecule has 2 aromatic rings. The quantitative estimate of drug-likeness (QED) is 0.827. The van der Waals surface area contributed by atoms with E-state index in [-0.39, 0.29) is 0 Å². The summed E-state index contributed by atoms with van der Waals surface area (Å²) < 4.78 is 0. The number of nitrogens with two attached hydrogens (primary N) is 1. The Morgan fingerprint density at radius 3 is 3.00 bits per heavy atom. The number of thiazole rings is 1. The van der Waals surface area contributed by atoms with Crippen molar-refractivity contribution in [1.82, 2.24) is 15.0 Å². The lowest BCUT2D eigenvalue weighted by Crippen LogP contribution is -2.07. The fourth-order valence-corrected chi connectivity index (χ4v) is 3.83. The smallest absolute Gasteiger partial charge is 0.150 e. The van der Waals surface area contributed by atoms with Gasteiger partial charge in [-0.05, 0) is 32.1 Å². The minimum Gasteiger partial charge on any atom is -0.382 e. The minimum atomic E-state index is 0.307. The van der Waals surface area contributed by atoms with E-state index in [2.05, 4.69) is 15.3 Å². The topological polar surface area (TPSA) is 76.7 Å². The van der Waals surface area contributed by atoms with Crippen molar-refractivity contribution in [3.8, 4) is 0 Å². The van der Waals surface area contributed by atoms with E-state index in [1.807, 2.05) is 11.3 Å². The maximum absolute atomic E-state index is 6.04. The number of nitrogen functional groups attached to an aromatic ring is 1. The molecular formula is C14H18ClN5S. The monoisotopic (exact) mass is 323 g/mol. The van der Waals surface area contributed by atoms with E-state index in [0.29, 0.717) is 16.7 Å². The van der Waals surface area contributed by atoms with Gasteiger partial charge in [0.1, 0.15) is 23.0 Å². The number of halogens is 1. The van der Waals surface area contributed by atoms with Crippen molar-refractivity contribution in [2.75, 3.05) is 17.6 Å². The van der Waals surface area contributed by atoms with E-state index in [1.54, 1.807) is 0 Å². The lowest BCUT2D eigenvalue weighted by atomic mass is 10.0. The molecule has 1 aliphatic rings. The summed E-state index contributed by atoms with van der Waals surface area (Å²) in [7, 11) is 0. The maximum atomic E-state index is 6.04. The Hall–Kier alpha value is -1.40. The molecule has 2 heterocycles. The molecule has 0 saturated heterocycles. The summed E-state index contributed by atoms with van der Waals surface area (Å²) in [6.45, 7) is 0.792. The molecule has 0 spiro atoms. The lowest BCUT2D eigenvalue weighted by molar-refractivity contribution is 0.679. The minimum absolute atomic E-state index is 0.307. The summed E-state index contributed by atoms with van der Waals surface area (Å²) in [6.07, 6.45) is 8.35. The fraction of sp³-hybridized carbons (Fsp3) is 0.500. The molecule has 0 amide bonds. The van der Waals surface area contributed by atoms with Gasteiger partial charge in [-0.25, -0.2) is 15.0 Å². The third kappa shape index (κ3) is 3.44. The van der Waals surface area contributed by atoms with Crippen LogP contribution >= 0.6 is 22.9 Å². The van der Waals surface area contributed by atoms with E-state index in [4.69, 9.17) is 22.3 Å². The Balaban J connectivity index is 1.50. The summed E-state index contributed by atoms with van der Waals surface area (Å²) in [5.41, 5.74) is 6.97. The number of hydrogen-bond acceptors (Lipinski definition) is 6. The average molecular weight is 324 g/mol. The van der Waals surface area contributed by atoms with Gasteiger partial charge in [0.2, 0.25) is 0 Å². The molecule has 0 atom stereocenters. The van der Waals surface area contributed by atoms with Crippen LogP contribution in [-0.4, -0.2) is 21.5 Å². The Morgan fingerprint density at radius 1 is 1.29 bits per heavy atom. The van der Waals surface area contributed by atoms with E-state index in [0.717, 1.165) is 25.8 Å². The van der Waals surface area contributed by atoms with Crippen LogP contribution in [0, 0.1) is 0 Å². The van der Waals surface area contributed by atoms with Crippen LogP contribution in [0.25, 0.3) is 0 Å². The molecule has 0 bridgehead atoms. The van der Waals surface area contributed by atoms with Crippen molar-refractivity contribution in [2.24, 2.45) is 0 Å². The van der Waals surface area contributed by atoms with E-state index in [9.17, 15) is 0 Å². The lowest BCUT2D eigenvalue weighted by Gasteiger charge is -2.07. The molecule has 0 radical (unpaired) electrons. The Morgan fingerprint density at radius 2 is 2.14 bits per heavy atom.